The molecule has 1 rings (SSSR count). The third-order valence-electron chi connectivity index (χ3n) is 2.76. The number of nitrogens with one attached hydrogen (secondary N) is 1. The zero-order valence-electron chi connectivity index (χ0n) is 11.8. The molecule has 0 heterocycles. The SMILES string of the molecule is CCC(CNCC(C)C)Oc1cc(C)ccc1F. The average molecular weight is 253 g/mol. The smallest absolute Gasteiger partial charge is 0.165 e. The average Bonchev–Trinajstić information content (AvgIpc) is 2.32. The third-order valence-corrected chi connectivity index (χ3v) is 2.76. The van der Waals surface area contributed by atoms with Crippen molar-refractivity contribution in [2.45, 2.75) is 40.2 Å². The zero-order chi connectivity index (χ0) is 13.5. The number of halogens is 1. The van der Waals surface area contributed by atoms with Gasteiger partial charge in [-0.1, -0.05) is 26.8 Å². The molecule has 3 heteroatoms. The first kappa shape index (κ1) is 15.0. The summed E-state index contributed by atoms with van der Waals surface area (Å²) < 4.78 is 19.3. The van der Waals surface area contributed by atoms with Crippen LogP contribution in [0.25, 0.3) is 0 Å². The fraction of sp³-hybridized carbons (Fsp3) is 0.600. The van der Waals surface area contributed by atoms with Crippen LogP contribution in [0.2, 0.25) is 0 Å². The van der Waals surface area contributed by atoms with E-state index in [4.69, 9.17) is 4.74 Å². The van der Waals surface area contributed by atoms with Crippen LogP contribution >= 0.6 is 0 Å². The second-order valence-corrected chi connectivity index (χ2v) is 5.13. The maximum Gasteiger partial charge on any atom is 0.165 e. The van der Waals surface area contributed by atoms with E-state index in [0.29, 0.717) is 11.7 Å². The molecule has 1 N–H and O–H groups in total. The Bertz CT molecular complexity index is 366. The van der Waals surface area contributed by atoms with Gasteiger partial charge in [-0.05, 0) is 43.5 Å². The molecule has 102 valence electrons. The Morgan fingerprint density at radius 3 is 2.61 bits per heavy atom. The Morgan fingerprint density at radius 2 is 2.00 bits per heavy atom. The van der Waals surface area contributed by atoms with Gasteiger partial charge >= 0.3 is 0 Å². The molecule has 0 spiro atoms. The fourth-order valence-corrected chi connectivity index (χ4v) is 1.68. The normalized spacial score (nSPS) is 12.8. The van der Waals surface area contributed by atoms with Crippen molar-refractivity contribution in [1.82, 2.24) is 5.32 Å². The molecule has 0 aliphatic heterocycles. The number of rotatable bonds is 7. The Morgan fingerprint density at radius 1 is 1.28 bits per heavy atom. The van der Waals surface area contributed by atoms with E-state index >= 15 is 0 Å². The van der Waals surface area contributed by atoms with Crippen molar-refractivity contribution in [3.63, 3.8) is 0 Å². The van der Waals surface area contributed by atoms with Gasteiger partial charge in [-0.3, -0.25) is 0 Å². The minimum absolute atomic E-state index is 0.0139. The van der Waals surface area contributed by atoms with E-state index in [-0.39, 0.29) is 11.9 Å². The highest BCUT2D eigenvalue weighted by molar-refractivity contribution is 5.29. The summed E-state index contributed by atoms with van der Waals surface area (Å²) in [6, 6.07) is 4.96. The molecule has 1 aromatic carbocycles. The van der Waals surface area contributed by atoms with Crippen LogP contribution in [0.15, 0.2) is 18.2 Å². The van der Waals surface area contributed by atoms with Crippen molar-refractivity contribution in [2.75, 3.05) is 13.1 Å². The van der Waals surface area contributed by atoms with Gasteiger partial charge < -0.3 is 10.1 Å². The summed E-state index contributed by atoms with van der Waals surface area (Å²) >= 11 is 0. The van der Waals surface area contributed by atoms with Gasteiger partial charge in [-0.25, -0.2) is 4.39 Å². The van der Waals surface area contributed by atoms with Gasteiger partial charge in [0.05, 0.1) is 0 Å². The van der Waals surface area contributed by atoms with Crippen molar-refractivity contribution in [2.24, 2.45) is 5.92 Å². The molecule has 1 unspecified atom stereocenters. The molecule has 2 nitrogen and oxygen atoms in total. The molecule has 1 aromatic rings. The van der Waals surface area contributed by atoms with Gasteiger partial charge in [0.15, 0.2) is 11.6 Å². The third kappa shape index (κ3) is 5.05. The van der Waals surface area contributed by atoms with E-state index in [0.717, 1.165) is 25.1 Å². The van der Waals surface area contributed by atoms with Crippen LogP contribution in [0.1, 0.15) is 32.8 Å². The molecule has 0 aliphatic rings. The van der Waals surface area contributed by atoms with Crippen LogP contribution in [0.4, 0.5) is 4.39 Å². The molecule has 0 bridgehead atoms. The van der Waals surface area contributed by atoms with Crippen LogP contribution < -0.4 is 10.1 Å². The predicted octanol–water partition coefficient (Wildman–Crippen LogP) is 3.54. The first-order chi connectivity index (χ1) is 8.52. The number of ether oxygens (including phenoxy) is 1. The fourth-order valence-electron chi connectivity index (χ4n) is 1.68. The Labute approximate surface area is 110 Å². The molecule has 0 saturated heterocycles. The quantitative estimate of drug-likeness (QED) is 0.802. The molecular formula is C15H24FNO. The van der Waals surface area contributed by atoms with E-state index in [9.17, 15) is 4.39 Å². The lowest BCUT2D eigenvalue weighted by molar-refractivity contribution is 0.184. The number of aryl methyl sites for hydroxylation is 1. The lowest BCUT2D eigenvalue weighted by Crippen LogP contribution is -2.33. The topological polar surface area (TPSA) is 21.3 Å². The van der Waals surface area contributed by atoms with E-state index in [1.54, 1.807) is 12.1 Å². The van der Waals surface area contributed by atoms with Crippen LogP contribution in [0.5, 0.6) is 5.75 Å². The van der Waals surface area contributed by atoms with Crippen LogP contribution in [-0.4, -0.2) is 19.2 Å². The summed E-state index contributed by atoms with van der Waals surface area (Å²) in [5, 5.41) is 3.34. The van der Waals surface area contributed by atoms with E-state index < -0.39 is 0 Å². The zero-order valence-corrected chi connectivity index (χ0v) is 11.8. The first-order valence-electron chi connectivity index (χ1n) is 6.66. The highest BCUT2D eigenvalue weighted by Crippen LogP contribution is 2.20. The van der Waals surface area contributed by atoms with E-state index in [2.05, 4.69) is 26.1 Å². The van der Waals surface area contributed by atoms with Crippen LogP contribution in [0, 0.1) is 18.7 Å². The molecule has 18 heavy (non-hydrogen) atoms. The maximum atomic E-state index is 13.6. The Hall–Kier alpha value is -1.09. The second-order valence-electron chi connectivity index (χ2n) is 5.13. The second kappa shape index (κ2) is 7.37. The minimum atomic E-state index is -0.289. The molecule has 0 radical (unpaired) electrons. The van der Waals surface area contributed by atoms with Gasteiger partial charge in [0, 0.05) is 6.54 Å². The molecule has 0 aromatic heterocycles. The van der Waals surface area contributed by atoms with Gasteiger partial charge in [-0.2, -0.15) is 0 Å². The van der Waals surface area contributed by atoms with Gasteiger partial charge in [0.2, 0.25) is 0 Å². The minimum Gasteiger partial charge on any atom is -0.486 e. The molecule has 0 fully saturated rings. The monoisotopic (exact) mass is 253 g/mol. The molecule has 0 saturated carbocycles. The van der Waals surface area contributed by atoms with Gasteiger partial charge in [0.1, 0.15) is 6.10 Å². The highest BCUT2D eigenvalue weighted by Gasteiger charge is 2.11. The molecule has 0 aliphatic carbocycles. The van der Waals surface area contributed by atoms with Crippen molar-refractivity contribution in [3.05, 3.63) is 29.6 Å². The standard InChI is InChI=1S/C15H24FNO/c1-5-13(10-17-9-11(2)3)18-15-8-12(4)6-7-14(15)16/h6-8,11,13,17H,5,9-10H2,1-4H3. The Kier molecular flexibility index (Phi) is 6.13. The van der Waals surface area contributed by atoms with Crippen LogP contribution in [-0.2, 0) is 0 Å². The maximum absolute atomic E-state index is 13.6. The summed E-state index contributed by atoms with van der Waals surface area (Å²) in [7, 11) is 0. The van der Waals surface area contributed by atoms with Gasteiger partial charge in [0.25, 0.3) is 0 Å². The number of hydrogen-bond donors (Lipinski definition) is 1. The first-order valence-corrected chi connectivity index (χ1v) is 6.66. The van der Waals surface area contributed by atoms with E-state index in [1.165, 1.54) is 6.07 Å². The van der Waals surface area contributed by atoms with Crippen molar-refractivity contribution in [3.8, 4) is 5.75 Å². The highest BCUT2D eigenvalue weighted by atomic mass is 19.1. The summed E-state index contributed by atoms with van der Waals surface area (Å²) in [4.78, 5) is 0. The summed E-state index contributed by atoms with van der Waals surface area (Å²) in [5.41, 5.74) is 1.01. The summed E-state index contributed by atoms with van der Waals surface area (Å²) in [5.74, 6) is 0.675. The van der Waals surface area contributed by atoms with Crippen LogP contribution in [0.3, 0.4) is 0 Å². The molecular weight excluding hydrogens is 229 g/mol. The number of hydrogen-bond acceptors (Lipinski definition) is 2. The van der Waals surface area contributed by atoms with Crippen molar-refractivity contribution < 1.29 is 9.13 Å². The van der Waals surface area contributed by atoms with E-state index in [1.807, 2.05) is 6.92 Å². The number of benzene rings is 1. The largest absolute Gasteiger partial charge is 0.486 e. The molecule has 1 atom stereocenters. The lowest BCUT2D eigenvalue weighted by Gasteiger charge is -2.19. The van der Waals surface area contributed by atoms with Crippen molar-refractivity contribution in [1.29, 1.82) is 0 Å². The van der Waals surface area contributed by atoms with Gasteiger partial charge in [-0.15, -0.1) is 0 Å². The van der Waals surface area contributed by atoms with Crippen molar-refractivity contribution >= 4 is 0 Å². The summed E-state index contributed by atoms with van der Waals surface area (Å²) in [6.07, 6.45) is 0.874. The predicted molar refractivity (Wildman–Crippen MR) is 73.6 cm³/mol. The summed E-state index contributed by atoms with van der Waals surface area (Å²) in [6.45, 7) is 10.0. The lowest BCUT2D eigenvalue weighted by atomic mass is 10.2. The molecule has 0 amide bonds. The Balaban J connectivity index is 2.54.